The summed E-state index contributed by atoms with van der Waals surface area (Å²) in [7, 11) is 5.61. The summed E-state index contributed by atoms with van der Waals surface area (Å²) in [6, 6.07) is 5.39. The number of benzene rings is 1. The van der Waals surface area contributed by atoms with E-state index in [1.807, 2.05) is 22.4 Å². The van der Waals surface area contributed by atoms with Gasteiger partial charge in [-0.05, 0) is 27.8 Å². The first kappa shape index (κ1) is 17.0. The molecule has 24 heavy (non-hydrogen) atoms. The number of nitro benzene ring substituents is 1. The molecular weight excluding hydrogens is 446 g/mol. The second-order valence-corrected chi connectivity index (χ2v) is 6.52. The topological polar surface area (TPSA) is 88.0 Å². The van der Waals surface area contributed by atoms with Crippen LogP contribution in [0.4, 0.5) is 15.9 Å². The molecule has 0 spiro atoms. The van der Waals surface area contributed by atoms with Crippen LogP contribution >= 0.6 is 33.7 Å². The predicted octanol–water partition coefficient (Wildman–Crippen LogP) is 2.00. The van der Waals surface area contributed by atoms with E-state index in [2.05, 4.69) is 10.3 Å². The van der Waals surface area contributed by atoms with Crippen LogP contribution in [-0.4, -0.2) is 28.8 Å². The van der Waals surface area contributed by atoms with Crippen molar-refractivity contribution in [1.82, 2.24) is 4.98 Å². The Morgan fingerprint density at radius 1 is 1.46 bits per heavy atom. The average molecular weight is 452 g/mol. The van der Waals surface area contributed by atoms with Gasteiger partial charge in [0.15, 0.2) is 0 Å². The number of anilines is 1. The summed E-state index contributed by atoms with van der Waals surface area (Å²) in [5.41, 5.74) is 0.261. The molecule has 3 radical (unpaired) electrons. The highest BCUT2D eigenvalue weighted by molar-refractivity contribution is 14.1. The summed E-state index contributed by atoms with van der Waals surface area (Å²) in [5, 5.41) is 15.6. The second kappa shape index (κ2) is 6.55. The number of hydrogen-bond acceptors (Lipinski definition) is 4. The molecule has 1 aromatic carbocycles. The number of halogens is 2. The van der Waals surface area contributed by atoms with Gasteiger partial charge in [-0.3, -0.25) is 14.9 Å². The van der Waals surface area contributed by atoms with E-state index < -0.39 is 16.4 Å². The molecule has 0 aliphatic carbocycles. The standard InChI is InChI=1S/C13H6B2FIN3O3S/c14-10-2-1-9(24-10)13(21)19-12-11(15-17)5-3-6(16)8(20(22)23)4-7(5)18-12/h1-4,18H,(H,19,21). The van der Waals surface area contributed by atoms with E-state index in [-0.39, 0.29) is 5.91 Å². The van der Waals surface area contributed by atoms with E-state index in [1.54, 1.807) is 17.3 Å². The summed E-state index contributed by atoms with van der Waals surface area (Å²) in [6.45, 7) is 0. The number of aromatic amines is 1. The average Bonchev–Trinajstić information content (AvgIpc) is 3.09. The number of rotatable bonds is 4. The Labute approximate surface area is 154 Å². The van der Waals surface area contributed by atoms with Gasteiger partial charge in [0.1, 0.15) is 13.7 Å². The minimum atomic E-state index is -0.935. The Morgan fingerprint density at radius 2 is 2.21 bits per heavy atom. The van der Waals surface area contributed by atoms with Gasteiger partial charge >= 0.3 is 5.69 Å². The molecule has 117 valence electrons. The number of amides is 1. The lowest BCUT2D eigenvalue weighted by Crippen LogP contribution is -2.19. The third-order valence-electron chi connectivity index (χ3n) is 3.30. The number of carbonyl (C=O) groups excluding carboxylic acids is 1. The van der Waals surface area contributed by atoms with Gasteiger partial charge in [-0.1, -0.05) is 6.07 Å². The molecule has 3 rings (SSSR count). The fourth-order valence-electron chi connectivity index (χ4n) is 2.23. The molecule has 0 aliphatic rings. The van der Waals surface area contributed by atoms with Gasteiger partial charge in [0, 0.05) is 6.07 Å². The summed E-state index contributed by atoms with van der Waals surface area (Å²) in [5.74, 6) is -0.982. The van der Waals surface area contributed by atoms with Crippen molar-refractivity contribution in [3.05, 3.63) is 45.1 Å². The minimum absolute atomic E-state index is 0.330. The number of nitrogens with zero attached hydrogens (tertiary/aromatic N) is 1. The van der Waals surface area contributed by atoms with Crippen molar-refractivity contribution in [2.45, 2.75) is 0 Å². The van der Waals surface area contributed by atoms with E-state index in [1.165, 1.54) is 0 Å². The van der Waals surface area contributed by atoms with Crippen LogP contribution in [0.2, 0.25) is 0 Å². The fraction of sp³-hybridized carbons (Fsp3) is 0. The van der Waals surface area contributed by atoms with Crippen molar-refractivity contribution in [1.29, 1.82) is 0 Å². The van der Waals surface area contributed by atoms with Crippen molar-refractivity contribution in [3.63, 3.8) is 0 Å². The first-order chi connectivity index (χ1) is 11.4. The molecule has 0 saturated heterocycles. The normalized spacial score (nSPS) is 10.8. The zero-order valence-corrected chi connectivity index (χ0v) is 14.8. The van der Waals surface area contributed by atoms with E-state index in [9.17, 15) is 19.3 Å². The van der Waals surface area contributed by atoms with Crippen LogP contribution in [0.15, 0.2) is 24.3 Å². The SMILES string of the molecule is [B]c1ccc(C(=O)Nc2[nH]c3cc([N+](=O)[O-])c(F)cc3c2[B]I)s1. The summed E-state index contributed by atoms with van der Waals surface area (Å²) >= 11 is 3.09. The second-order valence-electron chi connectivity index (χ2n) is 4.79. The van der Waals surface area contributed by atoms with Crippen molar-refractivity contribution in [2.75, 3.05) is 5.32 Å². The number of H-pyrrole nitrogens is 1. The molecule has 0 fully saturated rings. The van der Waals surface area contributed by atoms with Crippen LogP contribution in [0.25, 0.3) is 10.9 Å². The van der Waals surface area contributed by atoms with Crippen LogP contribution in [0, 0.1) is 15.9 Å². The van der Waals surface area contributed by atoms with Gasteiger partial charge in [-0.25, -0.2) is 0 Å². The lowest BCUT2D eigenvalue weighted by atomic mass is 9.94. The maximum Gasteiger partial charge on any atom is 0.306 e. The number of aromatic nitrogens is 1. The van der Waals surface area contributed by atoms with E-state index in [0.717, 1.165) is 23.5 Å². The Bertz CT molecular complexity index is 975. The van der Waals surface area contributed by atoms with E-state index >= 15 is 0 Å². The van der Waals surface area contributed by atoms with Crippen molar-refractivity contribution in [3.8, 4) is 0 Å². The van der Waals surface area contributed by atoms with Gasteiger partial charge in [0.25, 0.3) is 5.91 Å². The van der Waals surface area contributed by atoms with E-state index in [0.29, 0.717) is 31.8 Å². The molecule has 11 heteroatoms. The molecule has 0 atom stereocenters. The van der Waals surface area contributed by atoms with Crippen LogP contribution in [0.1, 0.15) is 9.67 Å². The van der Waals surface area contributed by atoms with Crippen molar-refractivity contribution >= 4 is 85.2 Å². The monoisotopic (exact) mass is 452 g/mol. The number of carbonyl (C=O) groups is 1. The molecule has 2 N–H and O–H groups in total. The maximum absolute atomic E-state index is 13.9. The van der Waals surface area contributed by atoms with Crippen molar-refractivity contribution < 1.29 is 14.1 Å². The molecule has 0 bridgehead atoms. The van der Waals surface area contributed by atoms with Crippen molar-refractivity contribution in [2.24, 2.45) is 0 Å². The van der Waals surface area contributed by atoms with Gasteiger partial charge in [0.05, 0.1) is 15.3 Å². The largest absolute Gasteiger partial charge is 0.341 e. The third kappa shape index (κ3) is 3.05. The van der Waals surface area contributed by atoms with E-state index in [4.69, 9.17) is 7.85 Å². The minimum Gasteiger partial charge on any atom is -0.341 e. The van der Waals surface area contributed by atoms with Gasteiger partial charge in [-0.15, -0.1) is 11.3 Å². The first-order valence-corrected chi connectivity index (χ1v) is 8.56. The van der Waals surface area contributed by atoms with Crippen LogP contribution in [0.5, 0.6) is 0 Å². The lowest BCUT2D eigenvalue weighted by molar-refractivity contribution is -0.387. The van der Waals surface area contributed by atoms with Crippen LogP contribution < -0.4 is 15.6 Å². The number of nitrogens with one attached hydrogen (secondary N) is 2. The van der Waals surface area contributed by atoms with Gasteiger partial charge in [0.2, 0.25) is 11.0 Å². The summed E-state index contributed by atoms with van der Waals surface area (Å²) in [4.78, 5) is 25.6. The summed E-state index contributed by atoms with van der Waals surface area (Å²) < 4.78 is 14.4. The molecule has 3 aromatic rings. The van der Waals surface area contributed by atoms with Crippen LogP contribution in [-0.2, 0) is 0 Å². The molecule has 0 unspecified atom stereocenters. The number of nitro groups is 1. The first-order valence-electron chi connectivity index (χ1n) is 6.50. The molecule has 2 aromatic heterocycles. The maximum atomic E-state index is 13.9. The number of fused-ring (bicyclic) bond motifs is 1. The Morgan fingerprint density at radius 3 is 2.79 bits per heavy atom. The molecule has 2 heterocycles. The zero-order chi connectivity index (χ0) is 17.4. The molecule has 0 saturated carbocycles. The number of hydrogen-bond donors (Lipinski definition) is 2. The fourth-order valence-corrected chi connectivity index (χ4v) is 3.54. The summed E-state index contributed by atoms with van der Waals surface area (Å²) in [6.07, 6.45) is 0. The molecule has 6 nitrogen and oxygen atoms in total. The Balaban J connectivity index is 2.04. The smallest absolute Gasteiger partial charge is 0.306 e. The molecule has 1 amide bonds. The number of thiophene rings is 1. The molecule has 0 aliphatic heterocycles. The highest BCUT2D eigenvalue weighted by Crippen LogP contribution is 2.26. The Hall–Kier alpha value is -1.88. The Kier molecular flexibility index (Phi) is 4.63. The molecular formula is C13H6B2FIN3O3S. The highest BCUT2D eigenvalue weighted by Gasteiger charge is 2.21. The zero-order valence-electron chi connectivity index (χ0n) is 11.8. The highest BCUT2D eigenvalue weighted by atomic mass is 127. The quantitative estimate of drug-likeness (QED) is 0.275. The van der Waals surface area contributed by atoms with Gasteiger partial charge < -0.3 is 10.3 Å². The van der Waals surface area contributed by atoms with Crippen LogP contribution in [0.3, 0.4) is 0 Å². The predicted molar refractivity (Wildman–Crippen MR) is 102 cm³/mol. The van der Waals surface area contributed by atoms with Gasteiger partial charge in [-0.2, -0.15) is 26.8 Å². The third-order valence-corrected chi connectivity index (χ3v) is 4.84. The lowest BCUT2D eigenvalue weighted by Gasteiger charge is -2.03.